The Morgan fingerprint density at radius 3 is 1.46 bits per heavy atom. The zero-order valence-corrected chi connectivity index (χ0v) is 38.8. The number of hydrogen-bond acceptors (Lipinski definition) is 0. The van der Waals surface area contributed by atoms with Crippen molar-refractivity contribution in [1.82, 2.24) is 4.57 Å². The second-order valence-electron chi connectivity index (χ2n) is 10.7. The molecular weight excluding hydrogens is 727 g/mol. The van der Waals surface area contributed by atoms with Crippen LogP contribution in [0, 0.1) is 19.1 Å². The van der Waals surface area contributed by atoms with Crippen molar-refractivity contribution in [3.05, 3.63) is 185 Å². The Balaban J connectivity index is 0.00000108. The smallest absolute Gasteiger partial charge is 0.0587 e. The number of nitrogens with zero attached hydrogens (tertiary/aromatic N) is 1. The van der Waals surface area contributed by atoms with Crippen LogP contribution in [0.5, 0.6) is 0 Å². The minimum atomic E-state index is -0.497. The molecule has 54 heavy (non-hydrogen) atoms. The largest absolute Gasteiger partial charge is 0.309 e. The third-order valence-electron chi connectivity index (χ3n) is 8.52. The van der Waals surface area contributed by atoms with Gasteiger partial charge in [0.1, 0.15) is 0 Å². The summed E-state index contributed by atoms with van der Waals surface area (Å²) in [6.45, 7) is 28.3. The van der Waals surface area contributed by atoms with Gasteiger partial charge in [-0.2, -0.15) is 60.7 Å². The first kappa shape index (κ1) is 50.2. The minimum Gasteiger partial charge on any atom is -0.309 e. The molecule has 0 bridgehead atoms. The summed E-state index contributed by atoms with van der Waals surface area (Å²) in [6, 6.07) is 56.7. The minimum absolute atomic E-state index is 0. The number of benzene rings is 6. The van der Waals surface area contributed by atoms with Crippen LogP contribution < -0.4 is 0 Å². The average molecular weight is 795 g/mol. The van der Waals surface area contributed by atoms with E-state index in [1.807, 2.05) is 107 Å². The van der Waals surface area contributed by atoms with Crippen LogP contribution in [0.25, 0.3) is 27.5 Å². The molecule has 0 saturated carbocycles. The van der Waals surface area contributed by atoms with E-state index in [0.29, 0.717) is 0 Å². The van der Waals surface area contributed by atoms with Gasteiger partial charge in [0.15, 0.2) is 0 Å². The predicted octanol–water partition coefficient (Wildman–Crippen LogP) is 15.8. The van der Waals surface area contributed by atoms with Gasteiger partial charge < -0.3 is 4.57 Å². The molecule has 6 aromatic carbocycles. The molecule has 1 radical (unpaired) electrons. The van der Waals surface area contributed by atoms with E-state index >= 15 is 0 Å². The summed E-state index contributed by atoms with van der Waals surface area (Å²) in [4.78, 5) is 0. The zero-order valence-electron chi connectivity index (χ0n) is 36.0. The summed E-state index contributed by atoms with van der Waals surface area (Å²) in [5.74, 6) is 0. The van der Waals surface area contributed by atoms with Crippen molar-refractivity contribution in [1.29, 1.82) is 0 Å². The molecule has 0 atom stereocenters. The fraction of sp³-hybridized carbons (Fsp3) is 0.308. The van der Waals surface area contributed by atoms with Crippen LogP contribution in [-0.2, 0) is 44.5 Å². The SMILES string of the molecule is CC.CC.CC.CC.CC.CC.CCc1ccccc1C.[Y].[c-]1ccccc1C1(c2[c-]cccc2)c2ccccc2-n2c3ccccc3c3cccc1c32. The molecule has 1 aliphatic heterocycles. The van der Waals surface area contributed by atoms with Gasteiger partial charge in [0.05, 0.1) is 16.7 Å². The van der Waals surface area contributed by atoms with E-state index in [9.17, 15) is 0 Å². The molecule has 0 amide bonds. The van der Waals surface area contributed by atoms with E-state index < -0.39 is 5.41 Å². The molecule has 0 saturated heterocycles. The third kappa shape index (κ3) is 10.5. The molecule has 8 rings (SSSR count). The quantitative estimate of drug-likeness (QED) is 0.157. The number of hydrogen-bond donors (Lipinski definition) is 0. The van der Waals surface area contributed by atoms with Crippen molar-refractivity contribution in [3.63, 3.8) is 0 Å². The first-order valence-corrected chi connectivity index (χ1v) is 20.4. The molecule has 2 heterocycles. The van der Waals surface area contributed by atoms with Crippen molar-refractivity contribution >= 4 is 21.8 Å². The Hall–Kier alpha value is -3.78. The van der Waals surface area contributed by atoms with Crippen LogP contribution in [0.1, 0.15) is 123 Å². The number of para-hydroxylation sites is 3. The standard InChI is InChI=1S/C31H19N.C9H12.6C2H6.Y/c1-3-12-22(13-4-1)31(23-14-5-2-6-15-23)26-18-8-10-21-29(26)32-28-20-9-7-16-24(28)25-17-11-19-27(31)30(25)32;1-3-9-7-5-4-6-8(9)2;6*1-2;/h1-12,14,16-21H;4-7H,3H2,1-2H3;6*1-2H3;/q-2;;;;;;;;. The summed E-state index contributed by atoms with van der Waals surface area (Å²) >= 11 is 0. The number of aryl methyl sites for hydroxylation is 2. The van der Waals surface area contributed by atoms with Gasteiger partial charge in [-0.05, 0) is 47.7 Å². The summed E-state index contributed by atoms with van der Waals surface area (Å²) in [5, 5.41) is 2.56. The van der Waals surface area contributed by atoms with Gasteiger partial charge >= 0.3 is 0 Å². The monoisotopic (exact) mass is 794 g/mol. The van der Waals surface area contributed by atoms with E-state index in [1.165, 1.54) is 49.7 Å². The fourth-order valence-corrected chi connectivity index (χ4v) is 6.69. The molecule has 0 N–H and O–H groups in total. The van der Waals surface area contributed by atoms with Crippen molar-refractivity contribution in [3.8, 4) is 5.69 Å². The van der Waals surface area contributed by atoms with Crippen LogP contribution in [0.4, 0.5) is 0 Å². The number of fused-ring (bicyclic) bond motifs is 5. The summed E-state index contributed by atoms with van der Waals surface area (Å²) in [5.41, 5.74) is 10.9. The van der Waals surface area contributed by atoms with Crippen LogP contribution in [-0.4, -0.2) is 4.57 Å². The molecule has 1 aromatic heterocycles. The average Bonchev–Trinajstić information content (AvgIpc) is 3.62. The molecular formula is C52H67NY-2. The number of aromatic nitrogens is 1. The van der Waals surface area contributed by atoms with E-state index in [-0.39, 0.29) is 32.7 Å². The summed E-state index contributed by atoms with van der Waals surface area (Å²) < 4.78 is 2.44. The van der Waals surface area contributed by atoms with Gasteiger partial charge in [0.2, 0.25) is 0 Å². The van der Waals surface area contributed by atoms with E-state index in [1.54, 1.807) is 0 Å². The maximum atomic E-state index is 3.60. The second kappa shape index (κ2) is 27.8. The van der Waals surface area contributed by atoms with Crippen molar-refractivity contribution < 1.29 is 32.7 Å². The van der Waals surface area contributed by atoms with Gasteiger partial charge in [0.25, 0.3) is 0 Å². The van der Waals surface area contributed by atoms with Gasteiger partial charge in [0, 0.05) is 48.9 Å². The molecule has 1 nitrogen and oxygen atoms in total. The Labute approximate surface area is 356 Å². The normalized spacial score (nSPS) is 10.5. The zero-order chi connectivity index (χ0) is 39.8. The predicted molar refractivity (Wildman–Crippen MR) is 239 cm³/mol. The van der Waals surface area contributed by atoms with Gasteiger partial charge in [-0.15, -0.1) is 11.1 Å². The van der Waals surface area contributed by atoms with Crippen LogP contribution in [0.2, 0.25) is 0 Å². The molecule has 0 aliphatic carbocycles. The maximum Gasteiger partial charge on any atom is 0.0587 e. The molecule has 0 unspecified atom stereocenters. The van der Waals surface area contributed by atoms with Crippen molar-refractivity contribution in [2.45, 2.75) is 109 Å². The van der Waals surface area contributed by atoms with Crippen LogP contribution in [0.3, 0.4) is 0 Å². The number of rotatable bonds is 3. The van der Waals surface area contributed by atoms with Gasteiger partial charge in [-0.3, -0.25) is 0 Å². The maximum absolute atomic E-state index is 3.60. The third-order valence-corrected chi connectivity index (χ3v) is 8.52. The topological polar surface area (TPSA) is 4.93 Å². The van der Waals surface area contributed by atoms with Crippen molar-refractivity contribution in [2.24, 2.45) is 0 Å². The molecule has 285 valence electrons. The van der Waals surface area contributed by atoms with Crippen molar-refractivity contribution in [2.75, 3.05) is 0 Å². The molecule has 1 aliphatic rings. The Kier molecular flexibility index (Phi) is 25.8. The van der Waals surface area contributed by atoms with Crippen LogP contribution in [0.15, 0.2) is 140 Å². The van der Waals surface area contributed by atoms with E-state index in [4.69, 9.17) is 0 Å². The fourth-order valence-electron chi connectivity index (χ4n) is 6.69. The van der Waals surface area contributed by atoms with E-state index in [2.05, 4.69) is 146 Å². The van der Waals surface area contributed by atoms with Crippen LogP contribution >= 0.6 is 0 Å². The summed E-state index contributed by atoms with van der Waals surface area (Å²) in [6.07, 6.45) is 1.15. The Morgan fingerprint density at radius 1 is 0.481 bits per heavy atom. The molecule has 0 spiro atoms. The Morgan fingerprint density at radius 2 is 0.944 bits per heavy atom. The summed E-state index contributed by atoms with van der Waals surface area (Å²) in [7, 11) is 0. The molecule has 0 fully saturated rings. The first-order chi connectivity index (χ1) is 26.2. The molecule has 7 aromatic rings. The molecule has 2 heteroatoms. The van der Waals surface area contributed by atoms with Gasteiger partial charge in [-0.25, -0.2) is 0 Å². The first-order valence-electron chi connectivity index (χ1n) is 20.4. The Bertz CT molecular complexity index is 1950. The second-order valence-corrected chi connectivity index (χ2v) is 10.7. The van der Waals surface area contributed by atoms with E-state index in [0.717, 1.165) is 17.5 Å². The van der Waals surface area contributed by atoms with Gasteiger partial charge in [-0.1, -0.05) is 169 Å².